The molecule has 21 heavy (non-hydrogen) atoms. The second-order valence-corrected chi connectivity index (χ2v) is 6.44. The number of aryl methyl sites for hydroxylation is 1. The van der Waals surface area contributed by atoms with E-state index in [2.05, 4.69) is 31.5 Å². The first-order valence-electron chi connectivity index (χ1n) is 6.49. The van der Waals surface area contributed by atoms with E-state index in [1.54, 1.807) is 18.2 Å². The molecule has 0 atom stereocenters. The van der Waals surface area contributed by atoms with Crippen molar-refractivity contribution < 1.29 is 9.59 Å². The van der Waals surface area contributed by atoms with E-state index in [0.717, 1.165) is 23.0 Å². The van der Waals surface area contributed by atoms with Crippen LogP contribution in [0.15, 0.2) is 28.7 Å². The highest BCUT2D eigenvalue weighted by atomic mass is 79.9. The number of fused-ring (bicyclic) bond motifs is 1. The van der Waals surface area contributed by atoms with Crippen LogP contribution in [0.1, 0.15) is 32.1 Å². The molecule has 0 radical (unpaired) electrons. The molecule has 3 rings (SSSR count). The predicted molar refractivity (Wildman–Crippen MR) is 84.9 cm³/mol. The Morgan fingerprint density at radius 1 is 1.38 bits per heavy atom. The molecule has 1 aliphatic rings. The number of nitrogens with one attached hydrogen (secondary N) is 2. The van der Waals surface area contributed by atoms with Crippen molar-refractivity contribution >= 4 is 44.2 Å². The van der Waals surface area contributed by atoms with Gasteiger partial charge in [0.25, 0.3) is 11.8 Å². The van der Waals surface area contributed by atoms with E-state index in [-0.39, 0.29) is 11.8 Å². The van der Waals surface area contributed by atoms with Crippen molar-refractivity contribution in [3.05, 3.63) is 44.9 Å². The van der Waals surface area contributed by atoms with Crippen LogP contribution in [-0.4, -0.2) is 23.3 Å². The summed E-state index contributed by atoms with van der Waals surface area (Å²) in [6, 6.07) is 7.17. The lowest BCUT2D eigenvalue weighted by Gasteiger charge is -2.03. The number of hydrogen-bond donors (Lipinski definition) is 2. The maximum atomic E-state index is 12.2. The van der Waals surface area contributed by atoms with E-state index in [1.807, 2.05) is 6.07 Å². The fraction of sp³-hybridized carbons (Fsp3) is 0.214. The van der Waals surface area contributed by atoms with Crippen LogP contribution in [0.3, 0.4) is 0 Å². The van der Waals surface area contributed by atoms with Gasteiger partial charge in [0.2, 0.25) is 0 Å². The first kappa shape index (κ1) is 14.2. The van der Waals surface area contributed by atoms with E-state index in [4.69, 9.17) is 0 Å². The molecule has 1 aliphatic heterocycles. The average Bonchev–Trinajstić information content (AvgIpc) is 2.79. The maximum absolute atomic E-state index is 12.2. The van der Waals surface area contributed by atoms with Crippen molar-refractivity contribution in [1.82, 2.24) is 10.3 Å². The van der Waals surface area contributed by atoms with Gasteiger partial charge in [-0.15, -0.1) is 0 Å². The number of hydrogen-bond acceptors (Lipinski definition) is 4. The molecule has 0 fully saturated rings. The average molecular weight is 366 g/mol. The monoisotopic (exact) mass is 365 g/mol. The van der Waals surface area contributed by atoms with Gasteiger partial charge >= 0.3 is 0 Å². The fourth-order valence-electron chi connectivity index (χ4n) is 2.10. The van der Waals surface area contributed by atoms with E-state index in [0.29, 0.717) is 22.1 Å². The molecule has 2 heterocycles. The summed E-state index contributed by atoms with van der Waals surface area (Å²) >= 11 is 4.56. The number of thiazole rings is 1. The third-order valence-corrected chi connectivity index (χ3v) is 4.82. The highest BCUT2D eigenvalue weighted by Gasteiger charge is 2.21. The Morgan fingerprint density at radius 2 is 2.19 bits per heavy atom. The van der Waals surface area contributed by atoms with Crippen LogP contribution in [0.5, 0.6) is 0 Å². The Bertz CT molecular complexity index is 714. The van der Waals surface area contributed by atoms with E-state index >= 15 is 0 Å². The lowest BCUT2D eigenvalue weighted by molar-refractivity contribution is 0.0958. The first-order chi connectivity index (χ1) is 10.1. The molecule has 5 nitrogen and oxygen atoms in total. The number of carbonyl (C=O) groups is 2. The number of rotatable bonds is 2. The Kier molecular flexibility index (Phi) is 4.03. The molecule has 0 bridgehead atoms. The van der Waals surface area contributed by atoms with Crippen LogP contribution in [0.2, 0.25) is 0 Å². The van der Waals surface area contributed by atoms with Crippen LogP contribution in [0, 0.1) is 0 Å². The van der Waals surface area contributed by atoms with Crippen molar-refractivity contribution in [1.29, 1.82) is 0 Å². The molecule has 1 aromatic heterocycles. The smallest absolute Gasteiger partial charge is 0.263 e. The van der Waals surface area contributed by atoms with Crippen molar-refractivity contribution in [3.63, 3.8) is 0 Å². The zero-order chi connectivity index (χ0) is 14.8. The molecule has 2 amide bonds. The molecular weight excluding hydrogens is 354 g/mol. The van der Waals surface area contributed by atoms with E-state index in [9.17, 15) is 9.59 Å². The molecule has 2 aromatic rings. The predicted octanol–water partition coefficient (Wildman–Crippen LogP) is 2.83. The zero-order valence-electron chi connectivity index (χ0n) is 11.0. The number of nitrogens with zero attached hydrogens (tertiary/aromatic N) is 1. The van der Waals surface area contributed by atoms with Gasteiger partial charge in [0.15, 0.2) is 5.13 Å². The fourth-order valence-corrected chi connectivity index (χ4v) is 3.49. The molecule has 0 saturated heterocycles. The van der Waals surface area contributed by atoms with Gasteiger partial charge in [-0.3, -0.25) is 14.9 Å². The van der Waals surface area contributed by atoms with Gasteiger partial charge in [0.1, 0.15) is 4.88 Å². The second kappa shape index (κ2) is 5.95. The molecule has 0 spiro atoms. The molecule has 7 heteroatoms. The Labute approximate surface area is 133 Å². The summed E-state index contributed by atoms with van der Waals surface area (Å²) in [6.07, 6.45) is 1.61. The summed E-state index contributed by atoms with van der Waals surface area (Å²) in [6.45, 7) is 0.667. The quantitative estimate of drug-likeness (QED) is 0.859. The maximum Gasteiger partial charge on any atom is 0.263 e. The van der Waals surface area contributed by atoms with Gasteiger partial charge in [0.05, 0.1) is 11.3 Å². The summed E-state index contributed by atoms with van der Waals surface area (Å²) in [5.41, 5.74) is 1.30. The van der Waals surface area contributed by atoms with Crippen molar-refractivity contribution in [3.8, 4) is 0 Å². The minimum atomic E-state index is -0.244. The Morgan fingerprint density at radius 3 is 3.00 bits per heavy atom. The van der Waals surface area contributed by atoms with Crippen LogP contribution in [0.25, 0.3) is 0 Å². The highest BCUT2D eigenvalue weighted by molar-refractivity contribution is 9.10. The second-order valence-electron chi connectivity index (χ2n) is 4.59. The van der Waals surface area contributed by atoms with Gasteiger partial charge < -0.3 is 5.32 Å². The third-order valence-electron chi connectivity index (χ3n) is 3.12. The molecule has 0 saturated carbocycles. The van der Waals surface area contributed by atoms with E-state index < -0.39 is 0 Å². The van der Waals surface area contributed by atoms with Gasteiger partial charge in [-0.2, -0.15) is 0 Å². The topological polar surface area (TPSA) is 71.1 Å². The summed E-state index contributed by atoms with van der Waals surface area (Å²) in [4.78, 5) is 29.0. The summed E-state index contributed by atoms with van der Waals surface area (Å²) in [5.74, 6) is -0.354. The van der Waals surface area contributed by atoms with Crippen molar-refractivity contribution in [2.24, 2.45) is 0 Å². The molecule has 0 unspecified atom stereocenters. The molecular formula is C14H12BrN3O2S. The molecule has 0 aliphatic carbocycles. The lowest BCUT2D eigenvalue weighted by atomic mass is 10.2. The number of amides is 2. The highest BCUT2D eigenvalue weighted by Crippen LogP contribution is 2.26. The normalized spacial score (nSPS) is 14.0. The van der Waals surface area contributed by atoms with E-state index in [1.165, 1.54) is 11.3 Å². The largest absolute Gasteiger partial charge is 0.351 e. The Hall–Kier alpha value is -1.73. The standard InChI is InChI=1S/C14H12BrN3O2S/c15-9-5-2-1-4-8(9)12(19)18-14-17-10-6-3-7-16-13(20)11(10)21-14/h1-2,4-5H,3,6-7H2,(H,16,20)(H,17,18,19). The Balaban J connectivity index is 1.83. The van der Waals surface area contributed by atoms with Crippen LogP contribution in [0.4, 0.5) is 5.13 Å². The zero-order valence-corrected chi connectivity index (χ0v) is 13.4. The third kappa shape index (κ3) is 2.98. The number of halogens is 1. The summed E-state index contributed by atoms with van der Waals surface area (Å²) < 4.78 is 0.721. The van der Waals surface area contributed by atoms with Gasteiger partial charge in [-0.05, 0) is 40.9 Å². The number of anilines is 1. The van der Waals surface area contributed by atoms with Crippen molar-refractivity contribution in [2.75, 3.05) is 11.9 Å². The molecule has 1 aromatic carbocycles. The van der Waals surface area contributed by atoms with Crippen LogP contribution < -0.4 is 10.6 Å². The molecule has 108 valence electrons. The minimum absolute atomic E-state index is 0.110. The number of benzene rings is 1. The van der Waals surface area contributed by atoms with Crippen LogP contribution in [-0.2, 0) is 6.42 Å². The SMILES string of the molecule is O=C(Nc1nc2c(s1)C(=O)NCCC2)c1ccccc1Br. The van der Waals surface area contributed by atoms with Crippen LogP contribution >= 0.6 is 27.3 Å². The lowest BCUT2D eigenvalue weighted by Crippen LogP contribution is -2.21. The van der Waals surface area contributed by atoms with Gasteiger partial charge in [-0.1, -0.05) is 23.5 Å². The van der Waals surface area contributed by atoms with Crippen molar-refractivity contribution in [2.45, 2.75) is 12.8 Å². The first-order valence-corrected chi connectivity index (χ1v) is 8.10. The number of carbonyl (C=O) groups excluding carboxylic acids is 2. The van der Waals surface area contributed by atoms with Gasteiger partial charge in [0, 0.05) is 11.0 Å². The summed E-state index contributed by atoms with van der Waals surface area (Å²) in [5, 5.41) is 6.03. The summed E-state index contributed by atoms with van der Waals surface area (Å²) in [7, 11) is 0. The number of aromatic nitrogens is 1. The van der Waals surface area contributed by atoms with Gasteiger partial charge in [-0.25, -0.2) is 4.98 Å². The molecule has 2 N–H and O–H groups in total. The minimum Gasteiger partial charge on any atom is -0.351 e.